The van der Waals surface area contributed by atoms with Crippen molar-refractivity contribution >= 4 is 18.0 Å². The highest BCUT2D eigenvalue weighted by Gasteiger charge is 2.00. The first-order valence-corrected chi connectivity index (χ1v) is 3.64. The summed E-state index contributed by atoms with van der Waals surface area (Å²) >= 11 is 4.76. The highest BCUT2D eigenvalue weighted by molar-refractivity contribution is 7.71. The monoisotopic (exact) mass is 172 g/mol. The highest BCUT2D eigenvalue weighted by Crippen LogP contribution is 1.87. The molecule has 0 unspecified atom stereocenters. The largest absolute Gasteiger partial charge is 0.298 e. The predicted octanol–water partition coefficient (Wildman–Crippen LogP) is 0.315. The van der Waals surface area contributed by atoms with E-state index >= 15 is 0 Å². The minimum atomic E-state index is 0.104. The molecule has 1 aromatic rings. The zero-order valence-electron chi connectivity index (χ0n) is 6.07. The van der Waals surface area contributed by atoms with E-state index in [0.717, 1.165) is 0 Å². The quantitative estimate of drug-likeness (QED) is 0.667. The van der Waals surface area contributed by atoms with Crippen LogP contribution >= 0.6 is 12.2 Å². The molecule has 1 aromatic heterocycles. The molecule has 0 saturated carbocycles. The summed E-state index contributed by atoms with van der Waals surface area (Å²) in [5.74, 6) is 0.104. The third-order valence-electron chi connectivity index (χ3n) is 1.26. The fourth-order valence-electron chi connectivity index (χ4n) is 0.607. The summed E-state index contributed by atoms with van der Waals surface area (Å²) in [6, 6.07) is 0. The molecule has 0 amide bonds. The number of nitrogens with zero attached hydrogens (tertiary/aromatic N) is 3. The number of hydrogen-bond acceptors (Lipinski definition) is 4. The first kappa shape index (κ1) is 8.06. The third-order valence-corrected chi connectivity index (χ3v) is 1.56. The summed E-state index contributed by atoms with van der Waals surface area (Å²) in [5.41, 5.74) is 0. The van der Waals surface area contributed by atoms with Crippen LogP contribution in [0.25, 0.3) is 0 Å². The lowest BCUT2D eigenvalue weighted by molar-refractivity contribution is -0.119. The topological polar surface area (TPSA) is 63.6 Å². The molecule has 0 aliphatic heterocycles. The molecule has 1 heterocycles. The lowest BCUT2D eigenvalue weighted by atomic mass is 10.3. The Morgan fingerprint density at radius 1 is 1.82 bits per heavy atom. The van der Waals surface area contributed by atoms with Gasteiger partial charge in [-0.1, -0.05) is 17.2 Å². The van der Waals surface area contributed by atoms with Gasteiger partial charge in [0.25, 0.3) is 0 Å². The Kier molecular flexibility index (Phi) is 2.48. The maximum absolute atomic E-state index is 10.9. The number of aromatic nitrogens is 4. The molecule has 0 spiro atoms. The number of tetrazole rings is 1. The molecule has 0 aromatic carbocycles. The average Bonchev–Trinajstić information content (AvgIpc) is 2.37. The Morgan fingerprint density at radius 3 is 3.00 bits per heavy atom. The number of aromatic amines is 1. The van der Waals surface area contributed by atoms with Crippen molar-refractivity contribution in [2.45, 2.75) is 19.9 Å². The summed E-state index contributed by atoms with van der Waals surface area (Å²) in [7, 11) is 0. The number of carbonyl (C=O) groups excluding carboxylic acids is 1. The fourth-order valence-corrected chi connectivity index (χ4v) is 0.753. The van der Waals surface area contributed by atoms with Gasteiger partial charge in [-0.15, -0.1) is 0 Å². The SMILES string of the molecule is CCC(=O)Cn1[nH]nnc1=S. The molecular weight excluding hydrogens is 164 g/mol. The minimum absolute atomic E-state index is 0.104. The molecule has 0 aliphatic carbocycles. The molecule has 1 rings (SSSR count). The van der Waals surface area contributed by atoms with Gasteiger partial charge >= 0.3 is 0 Å². The van der Waals surface area contributed by atoms with Crippen LogP contribution in [0.1, 0.15) is 13.3 Å². The standard InChI is InChI=1S/C5H8N4OS/c1-2-4(10)3-9-5(11)6-7-8-9/h2-3H2,1H3,(H,6,8,11). The molecule has 1 N–H and O–H groups in total. The molecule has 0 fully saturated rings. The van der Waals surface area contributed by atoms with Gasteiger partial charge in [-0.3, -0.25) is 4.79 Å². The maximum atomic E-state index is 10.9. The van der Waals surface area contributed by atoms with Crippen LogP contribution in [0.3, 0.4) is 0 Å². The van der Waals surface area contributed by atoms with Crippen LogP contribution < -0.4 is 0 Å². The number of H-pyrrole nitrogens is 1. The number of ketones is 1. The molecule has 0 saturated heterocycles. The Labute approximate surface area is 68.4 Å². The van der Waals surface area contributed by atoms with Gasteiger partial charge in [0.05, 0.1) is 0 Å². The van der Waals surface area contributed by atoms with E-state index in [9.17, 15) is 4.79 Å². The average molecular weight is 172 g/mol. The summed E-state index contributed by atoms with van der Waals surface area (Å²) in [6.45, 7) is 2.04. The molecule has 0 atom stereocenters. The Bertz CT molecular complexity index is 301. The Balaban J connectivity index is 2.72. The summed E-state index contributed by atoms with van der Waals surface area (Å²) < 4.78 is 1.74. The molecule has 60 valence electrons. The normalized spacial score (nSPS) is 9.91. The molecule has 6 heteroatoms. The van der Waals surface area contributed by atoms with Crippen molar-refractivity contribution < 1.29 is 4.79 Å². The number of rotatable bonds is 3. The predicted molar refractivity (Wildman–Crippen MR) is 40.5 cm³/mol. The van der Waals surface area contributed by atoms with Gasteiger partial charge in [-0.25, -0.2) is 4.68 Å². The smallest absolute Gasteiger partial charge is 0.238 e. The number of hydrogen-bond donors (Lipinski definition) is 1. The van der Waals surface area contributed by atoms with Crippen molar-refractivity contribution in [1.29, 1.82) is 0 Å². The molecule has 0 bridgehead atoms. The van der Waals surface area contributed by atoms with Gasteiger partial charge in [0, 0.05) is 6.42 Å². The van der Waals surface area contributed by atoms with Crippen LogP contribution in [0.5, 0.6) is 0 Å². The number of Topliss-reactive ketones (excluding diaryl/α,β-unsaturated/α-hetero) is 1. The van der Waals surface area contributed by atoms with Gasteiger partial charge < -0.3 is 0 Å². The van der Waals surface area contributed by atoms with Crippen molar-refractivity contribution in [3.05, 3.63) is 4.77 Å². The summed E-state index contributed by atoms with van der Waals surface area (Å²) in [4.78, 5) is 10.9. The lowest BCUT2D eigenvalue weighted by Gasteiger charge is -1.95. The van der Waals surface area contributed by atoms with Crippen LogP contribution in [-0.2, 0) is 11.3 Å². The second kappa shape index (κ2) is 3.38. The first-order valence-electron chi connectivity index (χ1n) is 3.23. The van der Waals surface area contributed by atoms with E-state index in [0.29, 0.717) is 11.2 Å². The van der Waals surface area contributed by atoms with E-state index in [-0.39, 0.29) is 12.3 Å². The van der Waals surface area contributed by atoms with Crippen molar-refractivity contribution in [1.82, 2.24) is 20.2 Å². The van der Waals surface area contributed by atoms with Crippen molar-refractivity contribution in [2.75, 3.05) is 0 Å². The Hall–Kier alpha value is -1.04. The van der Waals surface area contributed by atoms with Gasteiger partial charge in [0.1, 0.15) is 6.54 Å². The molecule has 0 aliphatic rings. The van der Waals surface area contributed by atoms with Gasteiger partial charge in [-0.2, -0.15) is 5.21 Å². The summed E-state index contributed by atoms with van der Waals surface area (Å²) in [6.07, 6.45) is 0.501. The zero-order chi connectivity index (χ0) is 8.27. The van der Waals surface area contributed by atoms with Crippen molar-refractivity contribution in [2.24, 2.45) is 0 Å². The molecular formula is C5H8N4OS. The fraction of sp³-hybridized carbons (Fsp3) is 0.600. The van der Waals surface area contributed by atoms with Gasteiger partial charge in [0.15, 0.2) is 5.78 Å². The van der Waals surface area contributed by atoms with E-state index in [1.807, 2.05) is 0 Å². The van der Waals surface area contributed by atoms with Gasteiger partial charge in [0.2, 0.25) is 4.77 Å². The lowest BCUT2D eigenvalue weighted by Crippen LogP contribution is -2.10. The van der Waals surface area contributed by atoms with E-state index < -0.39 is 0 Å². The van der Waals surface area contributed by atoms with E-state index in [4.69, 9.17) is 12.2 Å². The van der Waals surface area contributed by atoms with E-state index in [2.05, 4.69) is 15.5 Å². The molecule has 5 nitrogen and oxygen atoms in total. The number of carbonyl (C=O) groups is 1. The molecule has 0 radical (unpaired) electrons. The van der Waals surface area contributed by atoms with Crippen molar-refractivity contribution in [3.63, 3.8) is 0 Å². The third kappa shape index (κ3) is 1.94. The van der Waals surface area contributed by atoms with E-state index in [1.54, 1.807) is 6.92 Å². The molecule has 11 heavy (non-hydrogen) atoms. The van der Waals surface area contributed by atoms with Crippen LogP contribution in [0.2, 0.25) is 0 Å². The summed E-state index contributed by atoms with van der Waals surface area (Å²) in [5, 5.41) is 9.47. The van der Waals surface area contributed by atoms with E-state index in [1.165, 1.54) is 4.68 Å². The van der Waals surface area contributed by atoms with Crippen LogP contribution in [0, 0.1) is 4.77 Å². The maximum Gasteiger partial charge on any atom is 0.238 e. The van der Waals surface area contributed by atoms with Crippen molar-refractivity contribution in [3.8, 4) is 0 Å². The first-order chi connectivity index (χ1) is 5.24. The van der Waals surface area contributed by atoms with Crippen LogP contribution in [-0.4, -0.2) is 26.0 Å². The minimum Gasteiger partial charge on any atom is -0.298 e. The zero-order valence-corrected chi connectivity index (χ0v) is 6.89. The number of nitrogens with one attached hydrogen (secondary N) is 1. The Morgan fingerprint density at radius 2 is 2.55 bits per heavy atom. The second-order valence-corrected chi connectivity index (χ2v) is 2.43. The second-order valence-electron chi connectivity index (χ2n) is 2.06. The van der Waals surface area contributed by atoms with Gasteiger partial charge in [-0.05, 0) is 12.2 Å². The highest BCUT2D eigenvalue weighted by atomic mass is 32.1. The van der Waals surface area contributed by atoms with Crippen LogP contribution in [0.15, 0.2) is 0 Å². The van der Waals surface area contributed by atoms with Crippen LogP contribution in [0.4, 0.5) is 0 Å².